The van der Waals surface area contributed by atoms with Gasteiger partial charge >= 0.3 is 5.97 Å². The first-order chi connectivity index (χ1) is 10.8. The van der Waals surface area contributed by atoms with Crippen molar-refractivity contribution in [1.29, 1.82) is 0 Å². The highest BCUT2D eigenvalue weighted by Gasteiger charge is 2.21. The molecule has 0 bridgehead atoms. The number of hydrogen-bond donors (Lipinski definition) is 0. The fourth-order valence-corrected chi connectivity index (χ4v) is 2.54. The van der Waals surface area contributed by atoms with E-state index in [1.807, 2.05) is 0 Å². The molecule has 0 saturated carbocycles. The standard InChI is InChI=1S/C15H16FNO5S/c1-17(2)23(19,20)15-8-7-13(22-15)10-21-14(18)9-11-3-5-12(16)6-4-11/h3-8H,9-10H2,1-2H3. The van der Waals surface area contributed by atoms with Crippen molar-refractivity contribution in [2.45, 2.75) is 18.1 Å². The molecule has 2 rings (SSSR count). The zero-order chi connectivity index (χ0) is 17.0. The molecule has 1 aromatic carbocycles. The van der Waals surface area contributed by atoms with Gasteiger partial charge in [-0.25, -0.2) is 17.1 Å². The Labute approximate surface area is 133 Å². The SMILES string of the molecule is CN(C)S(=O)(=O)c1ccc(COC(=O)Cc2ccc(F)cc2)o1. The molecule has 0 spiro atoms. The van der Waals surface area contributed by atoms with Gasteiger partial charge in [0.05, 0.1) is 6.42 Å². The molecular weight excluding hydrogens is 325 g/mol. The van der Waals surface area contributed by atoms with E-state index in [1.165, 1.54) is 50.5 Å². The van der Waals surface area contributed by atoms with Crippen LogP contribution in [0.15, 0.2) is 45.9 Å². The number of carbonyl (C=O) groups excluding carboxylic acids is 1. The maximum atomic E-state index is 12.8. The first-order valence-corrected chi connectivity index (χ1v) is 8.14. The minimum absolute atomic E-state index is 0.0101. The second-order valence-corrected chi connectivity index (χ2v) is 7.05. The maximum Gasteiger partial charge on any atom is 0.310 e. The number of hydrogen-bond acceptors (Lipinski definition) is 5. The average Bonchev–Trinajstić information content (AvgIpc) is 2.97. The van der Waals surface area contributed by atoms with Gasteiger partial charge in [0.15, 0.2) is 0 Å². The lowest BCUT2D eigenvalue weighted by molar-refractivity contribution is -0.144. The van der Waals surface area contributed by atoms with E-state index in [-0.39, 0.29) is 29.7 Å². The molecule has 0 N–H and O–H groups in total. The molecule has 124 valence electrons. The Kier molecular flexibility index (Phi) is 5.17. The van der Waals surface area contributed by atoms with E-state index in [9.17, 15) is 17.6 Å². The Bertz CT molecular complexity index is 780. The van der Waals surface area contributed by atoms with Crippen LogP contribution in [0.4, 0.5) is 4.39 Å². The van der Waals surface area contributed by atoms with Gasteiger partial charge in [-0.05, 0) is 29.8 Å². The molecule has 6 nitrogen and oxygen atoms in total. The number of carbonyl (C=O) groups is 1. The van der Waals surface area contributed by atoms with Crippen LogP contribution in [-0.4, -0.2) is 32.8 Å². The van der Waals surface area contributed by atoms with Gasteiger partial charge in [0.25, 0.3) is 10.0 Å². The first-order valence-electron chi connectivity index (χ1n) is 6.70. The van der Waals surface area contributed by atoms with Gasteiger partial charge in [0, 0.05) is 14.1 Å². The first kappa shape index (κ1) is 17.2. The molecule has 0 radical (unpaired) electrons. The number of furan rings is 1. The smallest absolute Gasteiger partial charge is 0.310 e. The van der Waals surface area contributed by atoms with Crippen molar-refractivity contribution >= 4 is 16.0 Å². The molecule has 0 aliphatic rings. The number of benzene rings is 1. The van der Waals surface area contributed by atoms with Crippen LogP contribution in [0.1, 0.15) is 11.3 Å². The van der Waals surface area contributed by atoms with Gasteiger partial charge in [0.2, 0.25) is 5.09 Å². The van der Waals surface area contributed by atoms with Crippen LogP contribution in [0, 0.1) is 5.82 Å². The van der Waals surface area contributed by atoms with Crippen molar-refractivity contribution in [3.05, 3.63) is 53.5 Å². The summed E-state index contributed by atoms with van der Waals surface area (Å²) in [5.74, 6) is -0.685. The monoisotopic (exact) mass is 341 g/mol. The summed E-state index contributed by atoms with van der Waals surface area (Å²) in [5, 5.41) is -0.216. The lowest BCUT2D eigenvalue weighted by Gasteiger charge is -2.08. The van der Waals surface area contributed by atoms with Gasteiger partial charge in [-0.1, -0.05) is 12.1 Å². The summed E-state index contributed by atoms with van der Waals surface area (Å²) in [6.07, 6.45) is -0.0101. The Balaban J connectivity index is 1.92. The van der Waals surface area contributed by atoms with Crippen LogP contribution in [0.25, 0.3) is 0 Å². The average molecular weight is 341 g/mol. The third-order valence-corrected chi connectivity index (χ3v) is 4.70. The molecule has 0 amide bonds. The van der Waals surface area contributed by atoms with Crippen LogP contribution in [0.3, 0.4) is 0 Å². The number of rotatable bonds is 6. The van der Waals surface area contributed by atoms with Crippen molar-refractivity contribution in [2.75, 3.05) is 14.1 Å². The summed E-state index contributed by atoms with van der Waals surface area (Å²) in [4.78, 5) is 11.7. The minimum atomic E-state index is -3.66. The van der Waals surface area contributed by atoms with Gasteiger partial charge < -0.3 is 9.15 Å². The van der Waals surface area contributed by atoms with Gasteiger partial charge in [-0.3, -0.25) is 4.79 Å². The third-order valence-electron chi connectivity index (χ3n) is 3.01. The zero-order valence-electron chi connectivity index (χ0n) is 12.7. The Hall–Kier alpha value is -2.19. The molecule has 2 aromatic rings. The molecule has 0 fully saturated rings. The maximum absolute atomic E-state index is 12.8. The zero-order valence-corrected chi connectivity index (χ0v) is 13.5. The molecule has 8 heteroatoms. The number of halogens is 1. The number of nitrogens with zero attached hydrogens (tertiary/aromatic N) is 1. The van der Waals surface area contributed by atoms with Crippen molar-refractivity contribution in [3.63, 3.8) is 0 Å². The Morgan fingerprint density at radius 1 is 1.17 bits per heavy atom. The van der Waals surface area contributed by atoms with Crippen LogP contribution < -0.4 is 0 Å². The molecule has 1 heterocycles. The largest absolute Gasteiger partial charge is 0.457 e. The van der Waals surface area contributed by atoms with Crippen LogP contribution in [-0.2, 0) is 32.6 Å². The predicted molar refractivity (Wildman–Crippen MR) is 79.5 cm³/mol. The fourth-order valence-electron chi connectivity index (χ4n) is 1.73. The topological polar surface area (TPSA) is 76.8 Å². The normalized spacial score (nSPS) is 11.7. The Morgan fingerprint density at radius 3 is 2.43 bits per heavy atom. The molecule has 0 atom stereocenters. The van der Waals surface area contributed by atoms with E-state index in [0.29, 0.717) is 5.56 Å². The highest BCUT2D eigenvalue weighted by molar-refractivity contribution is 7.88. The number of sulfonamides is 1. The van der Waals surface area contributed by atoms with E-state index in [4.69, 9.17) is 9.15 Å². The summed E-state index contributed by atoms with van der Waals surface area (Å²) in [6, 6.07) is 8.23. The van der Waals surface area contributed by atoms with E-state index in [0.717, 1.165) is 4.31 Å². The number of esters is 1. The molecule has 0 unspecified atom stereocenters. The fraction of sp³-hybridized carbons (Fsp3) is 0.267. The van der Waals surface area contributed by atoms with Gasteiger partial charge in [0.1, 0.15) is 18.2 Å². The quantitative estimate of drug-likeness (QED) is 0.751. The van der Waals surface area contributed by atoms with E-state index in [2.05, 4.69) is 0 Å². The van der Waals surface area contributed by atoms with Crippen molar-refractivity contribution in [3.8, 4) is 0 Å². The molecule has 23 heavy (non-hydrogen) atoms. The minimum Gasteiger partial charge on any atom is -0.457 e. The third kappa shape index (κ3) is 4.40. The Morgan fingerprint density at radius 2 is 1.83 bits per heavy atom. The molecular formula is C15H16FNO5S. The van der Waals surface area contributed by atoms with E-state index in [1.54, 1.807) is 0 Å². The highest BCUT2D eigenvalue weighted by atomic mass is 32.2. The van der Waals surface area contributed by atoms with Crippen LogP contribution in [0.5, 0.6) is 0 Å². The van der Waals surface area contributed by atoms with E-state index >= 15 is 0 Å². The summed E-state index contributed by atoms with van der Waals surface area (Å²) in [5.41, 5.74) is 0.617. The summed E-state index contributed by atoms with van der Waals surface area (Å²) in [6.45, 7) is -0.178. The van der Waals surface area contributed by atoms with Crippen molar-refractivity contribution < 1.29 is 26.8 Å². The van der Waals surface area contributed by atoms with Crippen molar-refractivity contribution in [1.82, 2.24) is 4.31 Å². The second-order valence-electron chi connectivity index (χ2n) is 4.97. The van der Waals surface area contributed by atoms with Gasteiger partial charge in [-0.15, -0.1) is 0 Å². The summed E-state index contributed by atoms with van der Waals surface area (Å²) in [7, 11) is -0.878. The summed E-state index contributed by atoms with van der Waals surface area (Å²) < 4.78 is 47.7. The molecule has 0 aliphatic heterocycles. The number of ether oxygens (including phenoxy) is 1. The molecule has 0 saturated heterocycles. The molecule has 1 aromatic heterocycles. The summed E-state index contributed by atoms with van der Waals surface area (Å²) >= 11 is 0. The van der Waals surface area contributed by atoms with Gasteiger partial charge in [-0.2, -0.15) is 0 Å². The highest BCUT2D eigenvalue weighted by Crippen LogP contribution is 2.17. The second kappa shape index (κ2) is 6.93. The lowest BCUT2D eigenvalue weighted by Crippen LogP contribution is -2.21. The van der Waals surface area contributed by atoms with Crippen LogP contribution >= 0.6 is 0 Å². The lowest BCUT2D eigenvalue weighted by atomic mass is 10.1. The molecule has 0 aliphatic carbocycles. The van der Waals surface area contributed by atoms with Crippen molar-refractivity contribution in [2.24, 2.45) is 0 Å². The van der Waals surface area contributed by atoms with Crippen LogP contribution in [0.2, 0.25) is 0 Å². The van der Waals surface area contributed by atoms with E-state index < -0.39 is 16.0 Å². The predicted octanol–water partition coefficient (Wildman–Crippen LogP) is 1.95.